The van der Waals surface area contributed by atoms with E-state index in [2.05, 4.69) is 5.32 Å². The highest BCUT2D eigenvalue weighted by Gasteiger charge is 2.01. The zero-order valence-corrected chi connectivity index (χ0v) is 10.7. The highest BCUT2D eigenvalue weighted by molar-refractivity contribution is 5.47. The number of nitrogens with one attached hydrogen (secondary N) is 1. The van der Waals surface area contributed by atoms with E-state index in [1.54, 1.807) is 18.2 Å². The van der Waals surface area contributed by atoms with Gasteiger partial charge in [0.1, 0.15) is 11.6 Å². The molecule has 2 aromatic rings. The third-order valence-electron chi connectivity index (χ3n) is 2.87. The van der Waals surface area contributed by atoms with Crippen LogP contribution in [0.25, 0.3) is 0 Å². The minimum Gasteiger partial charge on any atom is -0.383 e. The van der Waals surface area contributed by atoms with Crippen LogP contribution in [0.15, 0.2) is 48.5 Å². The molecule has 4 heteroatoms. The molecule has 2 nitrogen and oxygen atoms in total. The van der Waals surface area contributed by atoms with Crippen molar-refractivity contribution in [3.63, 3.8) is 0 Å². The van der Waals surface area contributed by atoms with Gasteiger partial charge in [0.05, 0.1) is 0 Å². The summed E-state index contributed by atoms with van der Waals surface area (Å²) in [5.41, 5.74) is 1.70. The van der Waals surface area contributed by atoms with Gasteiger partial charge in [-0.3, -0.25) is 0 Å². The molecule has 0 heterocycles. The summed E-state index contributed by atoms with van der Waals surface area (Å²) < 4.78 is 25.8. The molecule has 0 saturated heterocycles. The van der Waals surface area contributed by atoms with Gasteiger partial charge < -0.3 is 10.2 Å². The molecule has 0 aliphatic carbocycles. The molecule has 2 aromatic carbocycles. The second kappa shape index (κ2) is 6.18. The third-order valence-corrected chi connectivity index (χ3v) is 2.87. The van der Waals surface area contributed by atoms with E-state index in [1.165, 1.54) is 24.3 Å². The van der Waals surface area contributed by atoms with Crippen LogP contribution in [-0.2, 0) is 0 Å². The Morgan fingerprint density at radius 3 is 2.42 bits per heavy atom. The van der Waals surface area contributed by atoms with Gasteiger partial charge in [0.2, 0.25) is 0 Å². The second-order valence-electron chi connectivity index (χ2n) is 4.34. The van der Waals surface area contributed by atoms with Crippen molar-refractivity contribution >= 4 is 11.4 Å². The van der Waals surface area contributed by atoms with Crippen molar-refractivity contribution in [3.8, 4) is 0 Å². The van der Waals surface area contributed by atoms with Gasteiger partial charge in [-0.05, 0) is 42.5 Å². The minimum absolute atomic E-state index is 0.241. The van der Waals surface area contributed by atoms with E-state index in [4.69, 9.17) is 0 Å². The quantitative estimate of drug-likeness (QED) is 0.887. The Bertz CT molecular complexity index is 526. The van der Waals surface area contributed by atoms with E-state index < -0.39 is 0 Å². The Morgan fingerprint density at radius 1 is 1.00 bits per heavy atom. The highest BCUT2D eigenvalue weighted by atomic mass is 19.1. The van der Waals surface area contributed by atoms with Gasteiger partial charge in [0.15, 0.2) is 0 Å². The highest BCUT2D eigenvalue weighted by Crippen LogP contribution is 2.13. The lowest BCUT2D eigenvalue weighted by Crippen LogP contribution is -2.24. The standard InChI is InChI=1S/C15H16F2N2/c1-19(15-7-5-12(16)6-8-15)10-9-18-14-4-2-3-13(17)11-14/h2-8,11,18H,9-10H2,1H3. The lowest BCUT2D eigenvalue weighted by molar-refractivity contribution is 0.627. The first-order chi connectivity index (χ1) is 9.15. The van der Waals surface area contributed by atoms with Crippen LogP contribution in [0.4, 0.5) is 20.2 Å². The van der Waals surface area contributed by atoms with E-state index >= 15 is 0 Å². The Hall–Kier alpha value is -2.10. The monoisotopic (exact) mass is 262 g/mol. The summed E-state index contributed by atoms with van der Waals surface area (Å²) in [5.74, 6) is -0.494. The van der Waals surface area contributed by atoms with Crippen LogP contribution in [0.3, 0.4) is 0 Å². The molecule has 0 bridgehead atoms. The van der Waals surface area contributed by atoms with Crippen LogP contribution in [0.2, 0.25) is 0 Å². The number of nitrogens with zero attached hydrogens (tertiary/aromatic N) is 1. The van der Waals surface area contributed by atoms with Crippen molar-refractivity contribution in [3.05, 3.63) is 60.2 Å². The molecule has 100 valence electrons. The van der Waals surface area contributed by atoms with Crippen LogP contribution in [0, 0.1) is 11.6 Å². The Kier molecular flexibility index (Phi) is 4.34. The average molecular weight is 262 g/mol. The van der Waals surface area contributed by atoms with Crippen molar-refractivity contribution in [2.75, 3.05) is 30.4 Å². The van der Waals surface area contributed by atoms with Crippen LogP contribution < -0.4 is 10.2 Å². The maximum atomic E-state index is 13.0. The molecule has 0 aliphatic heterocycles. The van der Waals surface area contributed by atoms with Gasteiger partial charge in [0.25, 0.3) is 0 Å². The van der Waals surface area contributed by atoms with Gasteiger partial charge in [0, 0.05) is 31.5 Å². The Labute approximate surface area is 111 Å². The summed E-state index contributed by atoms with van der Waals surface area (Å²) in [6.45, 7) is 1.42. The molecule has 0 atom stereocenters. The maximum absolute atomic E-state index is 13.0. The van der Waals surface area contributed by atoms with E-state index in [-0.39, 0.29) is 11.6 Å². The minimum atomic E-state index is -0.253. The number of anilines is 2. The van der Waals surface area contributed by atoms with Crippen molar-refractivity contribution in [2.45, 2.75) is 0 Å². The van der Waals surface area contributed by atoms with E-state index in [9.17, 15) is 8.78 Å². The first kappa shape index (κ1) is 13.3. The number of hydrogen-bond donors (Lipinski definition) is 1. The lowest BCUT2D eigenvalue weighted by atomic mass is 10.3. The zero-order chi connectivity index (χ0) is 13.7. The maximum Gasteiger partial charge on any atom is 0.125 e. The molecule has 2 rings (SSSR count). The fraction of sp³-hybridized carbons (Fsp3) is 0.200. The summed E-state index contributed by atoms with van der Waals surface area (Å²) in [5, 5.41) is 3.14. The summed E-state index contributed by atoms with van der Waals surface area (Å²) in [6.07, 6.45) is 0. The number of hydrogen-bond acceptors (Lipinski definition) is 2. The second-order valence-corrected chi connectivity index (χ2v) is 4.34. The topological polar surface area (TPSA) is 15.3 Å². The van der Waals surface area contributed by atoms with Crippen molar-refractivity contribution in [1.82, 2.24) is 0 Å². The van der Waals surface area contributed by atoms with Crippen LogP contribution >= 0.6 is 0 Å². The summed E-state index contributed by atoms with van der Waals surface area (Å²) in [7, 11) is 1.93. The molecule has 0 aromatic heterocycles. The Morgan fingerprint density at radius 2 is 1.74 bits per heavy atom. The number of benzene rings is 2. The SMILES string of the molecule is CN(CCNc1cccc(F)c1)c1ccc(F)cc1. The first-order valence-corrected chi connectivity index (χ1v) is 6.11. The zero-order valence-electron chi connectivity index (χ0n) is 10.7. The summed E-state index contributed by atoms with van der Waals surface area (Å²) >= 11 is 0. The van der Waals surface area contributed by atoms with E-state index in [0.29, 0.717) is 6.54 Å². The first-order valence-electron chi connectivity index (χ1n) is 6.11. The van der Waals surface area contributed by atoms with Crippen molar-refractivity contribution < 1.29 is 8.78 Å². The number of likely N-dealkylation sites (N-methyl/N-ethyl adjacent to an activating group) is 1. The Balaban J connectivity index is 1.84. The molecule has 1 N–H and O–H groups in total. The predicted molar refractivity (Wildman–Crippen MR) is 74.6 cm³/mol. The predicted octanol–water partition coefficient (Wildman–Crippen LogP) is 3.51. The van der Waals surface area contributed by atoms with Crippen molar-refractivity contribution in [1.29, 1.82) is 0 Å². The molecule has 0 saturated carbocycles. The molecule has 0 aliphatic rings. The van der Waals surface area contributed by atoms with Gasteiger partial charge in [-0.2, -0.15) is 0 Å². The van der Waals surface area contributed by atoms with Gasteiger partial charge in [-0.25, -0.2) is 8.78 Å². The fourth-order valence-corrected chi connectivity index (χ4v) is 1.79. The number of rotatable bonds is 5. The van der Waals surface area contributed by atoms with Gasteiger partial charge >= 0.3 is 0 Å². The summed E-state index contributed by atoms with van der Waals surface area (Å²) in [4.78, 5) is 2.01. The van der Waals surface area contributed by atoms with Crippen molar-refractivity contribution in [2.24, 2.45) is 0 Å². The molecule has 0 amide bonds. The van der Waals surface area contributed by atoms with Crippen LogP contribution in [0.5, 0.6) is 0 Å². The summed E-state index contributed by atoms with van der Waals surface area (Å²) in [6, 6.07) is 12.7. The molecular formula is C15H16F2N2. The number of halogens is 2. The van der Waals surface area contributed by atoms with E-state index in [1.807, 2.05) is 18.0 Å². The van der Waals surface area contributed by atoms with Gasteiger partial charge in [-0.15, -0.1) is 0 Å². The molecule has 0 radical (unpaired) electrons. The van der Waals surface area contributed by atoms with E-state index in [0.717, 1.165) is 17.9 Å². The van der Waals surface area contributed by atoms with Crippen LogP contribution in [0.1, 0.15) is 0 Å². The third kappa shape index (κ3) is 3.95. The van der Waals surface area contributed by atoms with Crippen LogP contribution in [-0.4, -0.2) is 20.1 Å². The molecule has 19 heavy (non-hydrogen) atoms. The molecule has 0 spiro atoms. The smallest absolute Gasteiger partial charge is 0.125 e. The molecule has 0 unspecified atom stereocenters. The van der Waals surface area contributed by atoms with Gasteiger partial charge in [-0.1, -0.05) is 6.07 Å². The average Bonchev–Trinajstić information content (AvgIpc) is 2.39. The largest absolute Gasteiger partial charge is 0.383 e. The molecular weight excluding hydrogens is 246 g/mol. The lowest BCUT2D eigenvalue weighted by Gasteiger charge is -2.19. The molecule has 0 fully saturated rings. The fourth-order valence-electron chi connectivity index (χ4n) is 1.79. The normalized spacial score (nSPS) is 10.3.